The molecule has 1 amide bonds. The van der Waals surface area contributed by atoms with Crippen LogP contribution in [-0.4, -0.2) is 83.7 Å². The minimum absolute atomic E-state index is 0.183. The SMILES string of the molecule is COC1(CC(=O)N2CCN(C(C)(C)C)CC2)CCN(C(C)(C)C)CC1. The Labute approximate surface area is 154 Å². The molecule has 2 rings (SSSR count). The van der Waals surface area contributed by atoms with Crippen molar-refractivity contribution in [3.05, 3.63) is 0 Å². The van der Waals surface area contributed by atoms with Crippen molar-refractivity contribution in [2.75, 3.05) is 46.4 Å². The third kappa shape index (κ3) is 5.18. The van der Waals surface area contributed by atoms with Gasteiger partial charge in [-0.2, -0.15) is 0 Å². The highest BCUT2D eigenvalue weighted by Gasteiger charge is 2.40. The molecular weight excluding hydrogens is 314 g/mol. The van der Waals surface area contributed by atoms with Gasteiger partial charge in [0, 0.05) is 57.5 Å². The van der Waals surface area contributed by atoms with E-state index < -0.39 is 0 Å². The fraction of sp³-hybridized carbons (Fsp3) is 0.950. The number of hydrogen-bond donors (Lipinski definition) is 0. The monoisotopic (exact) mass is 353 g/mol. The van der Waals surface area contributed by atoms with Crippen molar-refractivity contribution in [3.63, 3.8) is 0 Å². The largest absolute Gasteiger partial charge is 0.378 e. The smallest absolute Gasteiger partial charge is 0.225 e. The van der Waals surface area contributed by atoms with Gasteiger partial charge in [-0.05, 0) is 54.4 Å². The van der Waals surface area contributed by atoms with E-state index in [1.165, 1.54) is 0 Å². The lowest BCUT2D eigenvalue weighted by Gasteiger charge is -2.47. The van der Waals surface area contributed by atoms with E-state index in [1.807, 2.05) is 4.90 Å². The van der Waals surface area contributed by atoms with Crippen LogP contribution >= 0.6 is 0 Å². The van der Waals surface area contributed by atoms with Crippen molar-refractivity contribution < 1.29 is 9.53 Å². The summed E-state index contributed by atoms with van der Waals surface area (Å²) in [5.41, 5.74) is 0.0931. The molecule has 0 radical (unpaired) electrons. The predicted molar refractivity (Wildman–Crippen MR) is 103 cm³/mol. The molecule has 5 heteroatoms. The summed E-state index contributed by atoms with van der Waals surface area (Å²) in [5.74, 6) is 0.264. The molecule has 0 bridgehead atoms. The number of hydrogen-bond acceptors (Lipinski definition) is 4. The number of likely N-dealkylation sites (tertiary alicyclic amines) is 1. The normalized spacial score (nSPS) is 23.7. The molecule has 0 N–H and O–H groups in total. The first-order valence-corrected chi connectivity index (χ1v) is 9.80. The maximum atomic E-state index is 12.9. The molecule has 0 aromatic heterocycles. The Kier molecular flexibility index (Phi) is 6.22. The number of nitrogens with zero attached hydrogens (tertiary/aromatic N) is 3. The van der Waals surface area contributed by atoms with E-state index in [0.717, 1.165) is 52.1 Å². The number of piperidine rings is 1. The number of carbonyl (C=O) groups is 1. The molecule has 2 aliphatic heterocycles. The standard InChI is InChI=1S/C20H39N3O2/c1-18(2,3)22-10-8-20(25-7,9-11-22)16-17(24)21-12-14-23(15-13-21)19(4,5)6/h8-16H2,1-7H3. The van der Waals surface area contributed by atoms with E-state index in [9.17, 15) is 4.79 Å². The Balaban J connectivity index is 1.89. The number of piperazine rings is 1. The van der Waals surface area contributed by atoms with E-state index in [1.54, 1.807) is 7.11 Å². The molecule has 25 heavy (non-hydrogen) atoms. The van der Waals surface area contributed by atoms with Crippen LogP contribution in [0.4, 0.5) is 0 Å². The van der Waals surface area contributed by atoms with Crippen molar-refractivity contribution in [2.24, 2.45) is 0 Å². The Morgan fingerprint density at radius 3 is 1.68 bits per heavy atom. The maximum Gasteiger partial charge on any atom is 0.225 e. The molecule has 5 nitrogen and oxygen atoms in total. The number of ether oxygens (including phenoxy) is 1. The van der Waals surface area contributed by atoms with E-state index in [2.05, 4.69) is 51.3 Å². The molecule has 0 unspecified atom stereocenters. The fourth-order valence-corrected chi connectivity index (χ4v) is 4.05. The lowest BCUT2D eigenvalue weighted by atomic mass is 9.85. The highest BCUT2D eigenvalue weighted by atomic mass is 16.5. The average Bonchev–Trinajstić information content (AvgIpc) is 2.53. The average molecular weight is 354 g/mol. The summed E-state index contributed by atoms with van der Waals surface area (Å²) in [6.45, 7) is 19.1. The van der Waals surface area contributed by atoms with Gasteiger partial charge in [-0.1, -0.05) is 0 Å². The second-order valence-corrected chi connectivity index (χ2v) is 9.76. The zero-order chi connectivity index (χ0) is 18.9. The van der Waals surface area contributed by atoms with Crippen LogP contribution in [0, 0.1) is 0 Å². The number of carbonyl (C=O) groups excluding carboxylic acids is 1. The first kappa shape index (κ1) is 20.7. The van der Waals surface area contributed by atoms with E-state index in [-0.39, 0.29) is 22.6 Å². The summed E-state index contributed by atoms with van der Waals surface area (Å²) >= 11 is 0. The molecule has 146 valence electrons. The van der Waals surface area contributed by atoms with Gasteiger partial charge in [0.1, 0.15) is 0 Å². The van der Waals surface area contributed by atoms with Crippen molar-refractivity contribution in [1.82, 2.24) is 14.7 Å². The summed E-state index contributed by atoms with van der Waals surface area (Å²) in [4.78, 5) is 19.9. The highest BCUT2D eigenvalue weighted by molar-refractivity contribution is 5.77. The zero-order valence-electron chi connectivity index (χ0n) is 17.5. The van der Waals surface area contributed by atoms with Crippen LogP contribution in [0.15, 0.2) is 0 Å². The number of rotatable bonds is 3. The van der Waals surface area contributed by atoms with Crippen LogP contribution in [-0.2, 0) is 9.53 Å². The molecule has 0 atom stereocenters. The van der Waals surface area contributed by atoms with Crippen LogP contribution < -0.4 is 0 Å². The summed E-state index contributed by atoms with van der Waals surface area (Å²) in [6, 6.07) is 0. The maximum absolute atomic E-state index is 12.9. The summed E-state index contributed by atoms with van der Waals surface area (Å²) < 4.78 is 5.89. The van der Waals surface area contributed by atoms with Gasteiger partial charge < -0.3 is 9.64 Å². The fourth-order valence-electron chi connectivity index (χ4n) is 4.05. The zero-order valence-corrected chi connectivity index (χ0v) is 17.5. The Hall–Kier alpha value is -0.650. The van der Waals surface area contributed by atoms with Gasteiger partial charge in [-0.15, -0.1) is 0 Å². The number of methoxy groups -OCH3 is 1. The topological polar surface area (TPSA) is 36.0 Å². The van der Waals surface area contributed by atoms with Gasteiger partial charge in [-0.3, -0.25) is 14.6 Å². The minimum atomic E-state index is -0.278. The van der Waals surface area contributed by atoms with E-state index >= 15 is 0 Å². The van der Waals surface area contributed by atoms with Gasteiger partial charge in [0.25, 0.3) is 0 Å². The van der Waals surface area contributed by atoms with Crippen molar-refractivity contribution in [3.8, 4) is 0 Å². The van der Waals surface area contributed by atoms with Crippen LogP contribution in [0.3, 0.4) is 0 Å². The Morgan fingerprint density at radius 1 is 0.840 bits per heavy atom. The second kappa shape index (κ2) is 7.53. The molecule has 2 fully saturated rings. The van der Waals surface area contributed by atoms with Crippen LogP contribution in [0.5, 0.6) is 0 Å². The molecule has 2 heterocycles. The lowest BCUT2D eigenvalue weighted by molar-refractivity contribution is -0.144. The van der Waals surface area contributed by atoms with Crippen molar-refractivity contribution >= 4 is 5.91 Å². The van der Waals surface area contributed by atoms with Crippen molar-refractivity contribution in [1.29, 1.82) is 0 Å². The van der Waals surface area contributed by atoms with E-state index in [0.29, 0.717) is 6.42 Å². The second-order valence-electron chi connectivity index (χ2n) is 9.76. The quantitative estimate of drug-likeness (QED) is 0.781. The molecule has 0 saturated carbocycles. The summed E-state index contributed by atoms with van der Waals surface area (Å²) in [7, 11) is 1.78. The third-order valence-electron chi connectivity index (χ3n) is 6.11. The summed E-state index contributed by atoms with van der Waals surface area (Å²) in [6.07, 6.45) is 2.40. The van der Waals surface area contributed by atoms with Gasteiger partial charge in [0.2, 0.25) is 5.91 Å². The van der Waals surface area contributed by atoms with E-state index in [4.69, 9.17) is 4.74 Å². The molecule has 0 spiro atoms. The summed E-state index contributed by atoms with van der Waals surface area (Å²) in [5, 5.41) is 0. The minimum Gasteiger partial charge on any atom is -0.378 e. The Morgan fingerprint density at radius 2 is 1.28 bits per heavy atom. The van der Waals surface area contributed by atoms with Gasteiger partial charge in [0.05, 0.1) is 12.0 Å². The third-order valence-corrected chi connectivity index (χ3v) is 6.11. The van der Waals surface area contributed by atoms with Crippen LogP contribution in [0.1, 0.15) is 60.8 Å². The van der Waals surface area contributed by atoms with Crippen LogP contribution in [0.25, 0.3) is 0 Å². The number of amides is 1. The molecule has 2 aliphatic rings. The molecule has 2 saturated heterocycles. The first-order chi connectivity index (χ1) is 11.5. The van der Waals surface area contributed by atoms with Crippen LogP contribution in [0.2, 0.25) is 0 Å². The molecule has 0 aromatic carbocycles. The Bertz CT molecular complexity index is 449. The van der Waals surface area contributed by atoms with Gasteiger partial charge in [0.15, 0.2) is 0 Å². The van der Waals surface area contributed by atoms with Crippen molar-refractivity contribution in [2.45, 2.75) is 77.5 Å². The highest BCUT2D eigenvalue weighted by Crippen LogP contribution is 2.33. The molecular formula is C20H39N3O2. The lowest BCUT2D eigenvalue weighted by Crippen LogP contribution is -2.57. The molecule has 0 aromatic rings. The molecule has 0 aliphatic carbocycles. The van der Waals surface area contributed by atoms with Gasteiger partial charge in [-0.25, -0.2) is 0 Å². The van der Waals surface area contributed by atoms with Gasteiger partial charge >= 0.3 is 0 Å². The predicted octanol–water partition coefficient (Wildman–Crippen LogP) is 2.60. The first-order valence-electron chi connectivity index (χ1n) is 9.80.